The number of hydrogen-bond acceptors (Lipinski definition) is 4. The van der Waals surface area contributed by atoms with Crippen LogP contribution in [0.5, 0.6) is 5.75 Å². The van der Waals surface area contributed by atoms with Gasteiger partial charge in [0.2, 0.25) is 0 Å². The molecule has 0 atom stereocenters. The van der Waals surface area contributed by atoms with E-state index in [2.05, 4.69) is 0 Å². The average molecular weight is 291 g/mol. The van der Waals surface area contributed by atoms with Crippen LogP contribution in [-0.4, -0.2) is 16.0 Å². The van der Waals surface area contributed by atoms with Crippen LogP contribution < -0.4 is 4.74 Å². The molecule has 0 heterocycles. The highest BCUT2D eigenvalue weighted by atomic mass is 19.1. The van der Waals surface area contributed by atoms with Gasteiger partial charge in [-0.3, -0.25) is 10.1 Å². The first kappa shape index (κ1) is 14.4. The van der Waals surface area contributed by atoms with Gasteiger partial charge in [-0.25, -0.2) is 9.18 Å². The summed E-state index contributed by atoms with van der Waals surface area (Å²) < 4.78 is 18.3. The summed E-state index contributed by atoms with van der Waals surface area (Å²) in [7, 11) is 0. The van der Waals surface area contributed by atoms with E-state index in [-0.39, 0.29) is 17.9 Å². The Morgan fingerprint density at radius 1 is 1.29 bits per heavy atom. The second-order valence-corrected chi connectivity index (χ2v) is 4.16. The molecule has 21 heavy (non-hydrogen) atoms. The van der Waals surface area contributed by atoms with Gasteiger partial charge in [-0.05, 0) is 29.8 Å². The van der Waals surface area contributed by atoms with E-state index in [1.807, 2.05) is 0 Å². The summed E-state index contributed by atoms with van der Waals surface area (Å²) in [6.07, 6.45) is 0. The van der Waals surface area contributed by atoms with Crippen molar-refractivity contribution >= 4 is 11.7 Å². The molecule has 1 N–H and O–H groups in total. The maximum Gasteiger partial charge on any atom is 0.335 e. The van der Waals surface area contributed by atoms with Crippen molar-refractivity contribution in [3.05, 3.63) is 69.5 Å². The Morgan fingerprint density at radius 2 is 2.05 bits per heavy atom. The van der Waals surface area contributed by atoms with E-state index in [9.17, 15) is 19.3 Å². The maximum absolute atomic E-state index is 13.0. The van der Waals surface area contributed by atoms with Gasteiger partial charge < -0.3 is 9.84 Å². The highest BCUT2D eigenvalue weighted by molar-refractivity contribution is 5.88. The van der Waals surface area contributed by atoms with E-state index in [1.165, 1.54) is 30.3 Å². The molecule has 0 fully saturated rings. The summed E-state index contributed by atoms with van der Waals surface area (Å²) >= 11 is 0. The van der Waals surface area contributed by atoms with Crippen LogP contribution in [0.3, 0.4) is 0 Å². The third-order valence-electron chi connectivity index (χ3n) is 2.69. The molecule has 0 saturated heterocycles. The molecular formula is C14H10FNO5. The highest BCUT2D eigenvalue weighted by Crippen LogP contribution is 2.28. The third-order valence-corrected chi connectivity index (χ3v) is 2.69. The van der Waals surface area contributed by atoms with Crippen LogP contribution >= 0.6 is 0 Å². The normalized spacial score (nSPS) is 10.1. The van der Waals surface area contributed by atoms with Gasteiger partial charge >= 0.3 is 11.7 Å². The zero-order chi connectivity index (χ0) is 15.4. The van der Waals surface area contributed by atoms with Gasteiger partial charge in [-0.1, -0.05) is 12.1 Å². The van der Waals surface area contributed by atoms with Crippen LogP contribution in [0.15, 0.2) is 42.5 Å². The van der Waals surface area contributed by atoms with E-state index in [4.69, 9.17) is 9.84 Å². The summed E-state index contributed by atoms with van der Waals surface area (Å²) in [5.41, 5.74) is -0.155. The quantitative estimate of drug-likeness (QED) is 0.675. The minimum atomic E-state index is -1.27. The van der Waals surface area contributed by atoms with E-state index in [0.717, 1.165) is 6.07 Å². The lowest BCUT2D eigenvalue weighted by atomic mass is 10.2. The lowest BCUT2D eigenvalue weighted by Gasteiger charge is -2.07. The lowest BCUT2D eigenvalue weighted by molar-refractivity contribution is -0.386. The lowest BCUT2D eigenvalue weighted by Crippen LogP contribution is -2.02. The Morgan fingerprint density at radius 3 is 2.67 bits per heavy atom. The third kappa shape index (κ3) is 3.53. The predicted molar refractivity (Wildman–Crippen MR) is 70.8 cm³/mol. The minimum Gasteiger partial charge on any atom is -0.482 e. The summed E-state index contributed by atoms with van der Waals surface area (Å²) in [6, 6.07) is 8.96. The standard InChI is InChI=1S/C14H10FNO5/c15-11-3-1-2-9(6-11)8-21-13-5-4-10(14(17)18)7-12(13)16(19)20/h1-7H,8H2,(H,17,18). The fourth-order valence-corrected chi connectivity index (χ4v) is 1.70. The molecule has 0 amide bonds. The van der Waals surface area contributed by atoms with E-state index in [1.54, 1.807) is 6.07 Å². The largest absolute Gasteiger partial charge is 0.482 e. The number of halogens is 1. The number of nitro groups is 1. The van der Waals surface area contributed by atoms with E-state index >= 15 is 0 Å². The van der Waals surface area contributed by atoms with Crippen molar-refractivity contribution in [1.82, 2.24) is 0 Å². The molecule has 0 aliphatic heterocycles. The SMILES string of the molecule is O=C(O)c1ccc(OCc2cccc(F)c2)c([N+](=O)[O-])c1. The van der Waals surface area contributed by atoms with Crippen molar-refractivity contribution in [2.75, 3.05) is 0 Å². The summed E-state index contributed by atoms with van der Waals surface area (Å²) in [6.45, 7) is -0.0645. The molecule has 2 aromatic rings. The van der Waals surface area contributed by atoms with Crippen LogP contribution in [0, 0.1) is 15.9 Å². The van der Waals surface area contributed by atoms with Gasteiger partial charge in [0.25, 0.3) is 0 Å². The molecular weight excluding hydrogens is 281 g/mol. The minimum absolute atomic E-state index is 0.0645. The van der Waals surface area contributed by atoms with Crippen LogP contribution in [0.2, 0.25) is 0 Å². The summed E-state index contributed by atoms with van der Waals surface area (Å²) in [5, 5.41) is 19.7. The second kappa shape index (κ2) is 6.00. The van der Waals surface area contributed by atoms with Crippen LogP contribution in [0.4, 0.5) is 10.1 Å². The molecule has 0 saturated carbocycles. The number of carbonyl (C=O) groups is 1. The number of benzene rings is 2. The number of nitrogens with zero attached hydrogens (tertiary/aromatic N) is 1. The maximum atomic E-state index is 13.0. The number of aromatic carboxylic acids is 1. The Labute approximate surface area is 118 Å². The highest BCUT2D eigenvalue weighted by Gasteiger charge is 2.18. The fourth-order valence-electron chi connectivity index (χ4n) is 1.70. The van der Waals surface area contributed by atoms with Gasteiger partial charge in [-0.15, -0.1) is 0 Å². The van der Waals surface area contributed by atoms with Gasteiger partial charge in [0, 0.05) is 6.07 Å². The zero-order valence-corrected chi connectivity index (χ0v) is 10.7. The molecule has 2 aromatic carbocycles. The van der Waals surface area contributed by atoms with Crippen molar-refractivity contribution in [3.8, 4) is 5.75 Å². The number of rotatable bonds is 5. The predicted octanol–water partition coefficient (Wildman–Crippen LogP) is 3.01. The molecule has 0 aliphatic rings. The van der Waals surface area contributed by atoms with E-state index in [0.29, 0.717) is 5.56 Å². The topological polar surface area (TPSA) is 89.7 Å². The van der Waals surface area contributed by atoms with Crippen molar-refractivity contribution in [3.63, 3.8) is 0 Å². The molecule has 0 spiro atoms. The molecule has 0 radical (unpaired) electrons. The molecule has 0 aromatic heterocycles. The van der Waals surface area contributed by atoms with Gasteiger partial charge in [0.05, 0.1) is 10.5 Å². The first-order valence-corrected chi connectivity index (χ1v) is 5.86. The average Bonchev–Trinajstić information content (AvgIpc) is 2.44. The molecule has 7 heteroatoms. The van der Waals surface area contributed by atoms with Crippen LogP contribution in [-0.2, 0) is 6.61 Å². The number of carboxylic acid groups (broad SMARTS) is 1. The smallest absolute Gasteiger partial charge is 0.335 e. The molecule has 2 rings (SSSR count). The van der Waals surface area contributed by atoms with Crippen molar-refractivity contribution in [2.24, 2.45) is 0 Å². The fraction of sp³-hybridized carbons (Fsp3) is 0.0714. The summed E-state index contributed by atoms with van der Waals surface area (Å²) in [5.74, 6) is -1.78. The molecule has 0 unspecified atom stereocenters. The van der Waals surface area contributed by atoms with Gasteiger partial charge in [-0.2, -0.15) is 0 Å². The number of hydrogen-bond donors (Lipinski definition) is 1. The Bertz CT molecular complexity index is 702. The Kier molecular flexibility index (Phi) is 4.13. The van der Waals surface area contributed by atoms with E-state index < -0.39 is 22.4 Å². The monoisotopic (exact) mass is 291 g/mol. The zero-order valence-electron chi connectivity index (χ0n) is 10.7. The van der Waals surface area contributed by atoms with Gasteiger partial charge in [0.15, 0.2) is 5.75 Å². The first-order chi connectivity index (χ1) is 9.97. The molecule has 108 valence electrons. The van der Waals surface area contributed by atoms with Crippen molar-refractivity contribution < 1.29 is 24.0 Å². The molecule has 0 bridgehead atoms. The van der Waals surface area contributed by atoms with Crippen molar-refractivity contribution in [1.29, 1.82) is 0 Å². The Hall–Kier alpha value is -2.96. The van der Waals surface area contributed by atoms with Crippen LogP contribution in [0.25, 0.3) is 0 Å². The van der Waals surface area contributed by atoms with Gasteiger partial charge in [0.1, 0.15) is 12.4 Å². The first-order valence-electron chi connectivity index (χ1n) is 5.86. The van der Waals surface area contributed by atoms with Crippen LogP contribution in [0.1, 0.15) is 15.9 Å². The number of nitro benzene ring substituents is 1. The number of ether oxygens (including phenoxy) is 1. The number of carboxylic acids is 1. The summed E-state index contributed by atoms with van der Waals surface area (Å²) in [4.78, 5) is 21.0. The molecule has 6 nitrogen and oxygen atoms in total. The van der Waals surface area contributed by atoms with Crippen molar-refractivity contribution in [2.45, 2.75) is 6.61 Å². The second-order valence-electron chi connectivity index (χ2n) is 4.16. The Balaban J connectivity index is 2.23. The molecule has 0 aliphatic carbocycles.